The van der Waals surface area contributed by atoms with Crippen LogP contribution in [0, 0.1) is 11.6 Å². The average molecular weight is 496 g/mol. The Hall–Kier alpha value is -2.00. The molecule has 2 aromatic carbocycles. The average Bonchev–Trinajstić information content (AvgIpc) is 3.00. The summed E-state index contributed by atoms with van der Waals surface area (Å²) < 4.78 is 30.3. The minimum Gasteiger partial charge on any atom is -1.00 e. The summed E-state index contributed by atoms with van der Waals surface area (Å²) in [6.45, 7) is 1.76. The summed E-state index contributed by atoms with van der Waals surface area (Å²) in [6, 6.07) is 10.3. The summed E-state index contributed by atoms with van der Waals surface area (Å²) in [7, 11) is 6.02. The molecule has 0 unspecified atom stereocenters. The zero-order valence-electron chi connectivity index (χ0n) is 16.1. The highest BCUT2D eigenvalue weighted by molar-refractivity contribution is 6.13. The van der Waals surface area contributed by atoms with Gasteiger partial charge in [-0.3, -0.25) is 0 Å². The molecule has 4 rings (SSSR count). The van der Waals surface area contributed by atoms with E-state index in [1.807, 2.05) is 50.0 Å². The maximum Gasteiger partial charge on any atom is 0.241 e. The smallest absolute Gasteiger partial charge is 0.241 e. The lowest BCUT2D eigenvalue weighted by Crippen LogP contribution is -3.00. The first kappa shape index (κ1) is 20.7. The Bertz CT molecular complexity index is 1150. The molecule has 0 bridgehead atoms. The summed E-state index contributed by atoms with van der Waals surface area (Å²) in [6.07, 6.45) is 0.979. The maximum absolute atomic E-state index is 14.4. The van der Waals surface area contributed by atoms with Gasteiger partial charge in [0.1, 0.15) is 24.2 Å². The van der Waals surface area contributed by atoms with Gasteiger partial charge in [0.05, 0.1) is 22.0 Å². The van der Waals surface area contributed by atoms with Gasteiger partial charge in [0.15, 0.2) is 0 Å². The number of nitrogens with one attached hydrogen (secondary N) is 2. The zero-order valence-corrected chi connectivity index (χ0v) is 18.3. The van der Waals surface area contributed by atoms with Crippen LogP contribution < -0.4 is 33.9 Å². The van der Waals surface area contributed by atoms with Crippen LogP contribution in [0.2, 0.25) is 0 Å². The van der Waals surface area contributed by atoms with Crippen LogP contribution in [0.5, 0.6) is 0 Å². The molecule has 0 aliphatic carbocycles. The van der Waals surface area contributed by atoms with Gasteiger partial charge in [0.25, 0.3) is 0 Å². The maximum atomic E-state index is 14.4. The van der Waals surface area contributed by atoms with Gasteiger partial charge in [-0.2, -0.15) is 4.57 Å². The Balaban J connectivity index is 0.00000225. The van der Waals surface area contributed by atoms with Crippen LogP contribution in [0.15, 0.2) is 36.4 Å². The topological polar surface area (TPSA) is 34.9 Å². The molecule has 7 heteroatoms. The Morgan fingerprint density at radius 3 is 2.57 bits per heavy atom. The Morgan fingerprint density at radius 2 is 1.82 bits per heavy atom. The number of aromatic amines is 1. The van der Waals surface area contributed by atoms with Crippen LogP contribution in [-0.4, -0.2) is 37.1 Å². The summed E-state index contributed by atoms with van der Waals surface area (Å²) >= 11 is 0. The van der Waals surface area contributed by atoms with Crippen molar-refractivity contribution < 1.29 is 37.3 Å². The molecule has 4 aromatic rings. The van der Waals surface area contributed by atoms with Crippen molar-refractivity contribution in [3.05, 3.63) is 48.0 Å². The monoisotopic (exact) mass is 496 g/mol. The van der Waals surface area contributed by atoms with E-state index in [2.05, 4.69) is 15.2 Å². The van der Waals surface area contributed by atoms with Crippen molar-refractivity contribution >= 4 is 38.5 Å². The van der Waals surface area contributed by atoms with Gasteiger partial charge in [0, 0.05) is 18.7 Å². The Kier molecular flexibility index (Phi) is 6.04. The van der Waals surface area contributed by atoms with Gasteiger partial charge in [0.2, 0.25) is 11.0 Å². The molecule has 2 heterocycles. The molecular weight excluding hydrogens is 473 g/mol. The van der Waals surface area contributed by atoms with E-state index in [1.54, 1.807) is 0 Å². The van der Waals surface area contributed by atoms with Crippen molar-refractivity contribution in [1.29, 1.82) is 0 Å². The lowest BCUT2D eigenvalue weighted by atomic mass is 10.1. The summed E-state index contributed by atoms with van der Waals surface area (Å²) in [5.41, 5.74) is 3.84. The van der Waals surface area contributed by atoms with Gasteiger partial charge in [-0.25, -0.2) is 8.78 Å². The highest BCUT2D eigenvalue weighted by Crippen LogP contribution is 2.34. The molecule has 0 atom stereocenters. The van der Waals surface area contributed by atoms with Crippen molar-refractivity contribution in [2.45, 2.75) is 6.42 Å². The van der Waals surface area contributed by atoms with E-state index in [4.69, 9.17) is 0 Å². The van der Waals surface area contributed by atoms with E-state index >= 15 is 0 Å². The van der Waals surface area contributed by atoms with E-state index in [0.717, 1.165) is 53.2 Å². The number of rotatable bonds is 5. The number of fused-ring (bicyclic) bond motifs is 4. The van der Waals surface area contributed by atoms with Crippen molar-refractivity contribution in [2.75, 3.05) is 32.5 Å². The number of hydrogen-bond acceptors (Lipinski definition) is 2. The minimum absolute atomic E-state index is 0. The molecule has 0 aliphatic heterocycles. The van der Waals surface area contributed by atoms with Gasteiger partial charge >= 0.3 is 0 Å². The largest absolute Gasteiger partial charge is 1.00 e. The lowest BCUT2D eigenvalue weighted by molar-refractivity contribution is -0.616. The van der Waals surface area contributed by atoms with Crippen molar-refractivity contribution in [3.8, 4) is 0 Å². The number of para-hydroxylation sites is 1. The molecule has 4 nitrogen and oxygen atoms in total. The molecule has 0 saturated heterocycles. The predicted molar refractivity (Wildman–Crippen MR) is 106 cm³/mol. The van der Waals surface area contributed by atoms with Crippen LogP contribution in [0.25, 0.3) is 32.8 Å². The molecule has 0 saturated carbocycles. The molecule has 0 fully saturated rings. The van der Waals surface area contributed by atoms with Crippen molar-refractivity contribution in [1.82, 2.24) is 9.88 Å². The molecule has 0 amide bonds. The third kappa shape index (κ3) is 3.53. The third-order valence-electron chi connectivity index (χ3n) is 5.00. The van der Waals surface area contributed by atoms with E-state index in [0.29, 0.717) is 10.9 Å². The number of H-pyrrole nitrogens is 1. The number of anilines is 1. The second kappa shape index (κ2) is 8.16. The fourth-order valence-corrected chi connectivity index (χ4v) is 3.76. The highest BCUT2D eigenvalue weighted by atomic mass is 127. The standard InChI is InChI=1S/C21H22F2N4.HI/c1-26(2)10-6-9-24-19-14-7-4-5-8-17(14)27(3)21-15-11-13(22)12-16(23)18(15)25-20(19)21;/h4-5,7-8,11-12H,6,9-10H2,1-3H3,(H,24,25);1H. The summed E-state index contributed by atoms with van der Waals surface area (Å²) in [4.78, 5) is 5.33. The number of benzene rings is 2. The van der Waals surface area contributed by atoms with E-state index in [1.165, 1.54) is 6.07 Å². The molecule has 148 valence electrons. The summed E-state index contributed by atoms with van der Waals surface area (Å²) in [5, 5.41) is 5.12. The van der Waals surface area contributed by atoms with Crippen molar-refractivity contribution in [3.63, 3.8) is 0 Å². The highest BCUT2D eigenvalue weighted by Gasteiger charge is 2.24. The van der Waals surface area contributed by atoms with Gasteiger partial charge < -0.3 is 39.2 Å². The Morgan fingerprint density at radius 1 is 1.07 bits per heavy atom. The van der Waals surface area contributed by atoms with Gasteiger partial charge in [-0.15, -0.1) is 0 Å². The molecule has 0 spiro atoms. The van der Waals surface area contributed by atoms with E-state index in [-0.39, 0.29) is 24.0 Å². The number of halogens is 3. The van der Waals surface area contributed by atoms with Crippen LogP contribution in [0.1, 0.15) is 6.42 Å². The third-order valence-corrected chi connectivity index (χ3v) is 5.00. The first-order valence-corrected chi connectivity index (χ1v) is 9.07. The SMILES string of the molecule is CN(C)CCCNc1c2ccccc2[n+](C)c2c1[nH]c1c(F)cc(F)cc12.[I-]. The second-order valence-electron chi connectivity index (χ2n) is 7.19. The van der Waals surface area contributed by atoms with E-state index < -0.39 is 11.6 Å². The lowest BCUT2D eigenvalue weighted by Gasteiger charge is -2.12. The quantitative estimate of drug-likeness (QED) is 0.245. The normalized spacial score (nSPS) is 11.5. The molecule has 0 aliphatic rings. The molecule has 2 aromatic heterocycles. The van der Waals surface area contributed by atoms with E-state index in [9.17, 15) is 8.78 Å². The summed E-state index contributed by atoms with van der Waals surface area (Å²) in [5.74, 6) is -1.15. The molecule has 2 N–H and O–H groups in total. The number of nitrogens with zero attached hydrogens (tertiary/aromatic N) is 2. The molecule has 0 radical (unpaired) electrons. The van der Waals surface area contributed by atoms with Gasteiger partial charge in [-0.1, -0.05) is 12.1 Å². The molecule has 28 heavy (non-hydrogen) atoms. The fourth-order valence-electron chi connectivity index (χ4n) is 3.76. The molecular formula is C21H23F2IN4. The zero-order chi connectivity index (χ0) is 19.1. The van der Waals surface area contributed by atoms with Crippen LogP contribution in [-0.2, 0) is 7.05 Å². The van der Waals surface area contributed by atoms with Crippen LogP contribution in [0.4, 0.5) is 14.5 Å². The number of hydrogen-bond donors (Lipinski definition) is 2. The number of pyridine rings is 1. The predicted octanol–water partition coefficient (Wildman–Crippen LogP) is 0.945. The van der Waals surface area contributed by atoms with Crippen LogP contribution in [0.3, 0.4) is 0 Å². The second-order valence-corrected chi connectivity index (χ2v) is 7.19. The first-order valence-electron chi connectivity index (χ1n) is 9.07. The number of aromatic nitrogens is 2. The number of aryl methyl sites for hydroxylation is 1. The van der Waals surface area contributed by atoms with Gasteiger partial charge in [-0.05, 0) is 39.2 Å². The fraction of sp³-hybridized carbons (Fsp3) is 0.286. The Labute approximate surface area is 179 Å². The van der Waals surface area contributed by atoms with Crippen LogP contribution >= 0.6 is 0 Å². The first-order chi connectivity index (χ1) is 13.0. The minimum atomic E-state index is -0.580. The van der Waals surface area contributed by atoms with Crippen molar-refractivity contribution in [2.24, 2.45) is 7.05 Å².